The summed E-state index contributed by atoms with van der Waals surface area (Å²) in [7, 11) is 0. The van der Waals surface area contributed by atoms with Crippen molar-refractivity contribution >= 4 is 0 Å². The lowest BCUT2D eigenvalue weighted by Crippen LogP contribution is -2.26. The van der Waals surface area contributed by atoms with E-state index in [1.807, 2.05) is 0 Å². The van der Waals surface area contributed by atoms with E-state index in [4.69, 9.17) is 0 Å². The smallest absolute Gasteiger partial charge is 0.0163 e. The van der Waals surface area contributed by atoms with Gasteiger partial charge in [0.25, 0.3) is 0 Å². The molecule has 0 saturated heterocycles. The molecular formula is C7H15N. The van der Waals surface area contributed by atoms with E-state index in [-0.39, 0.29) is 1.43 Å². The number of rotatable bonds is 1. The second-order valence-electron chi connectivity index (χ2n) is 2.15. The molecule has 8 heavy (non-hydrogen) atoms. The van der Waals surface area contributed by atoms with Gasteiger partial charge in [-0.15, -0.1) is 0 Å². The molecule has 1 aliphatic rings. The van der Waals surface area contributed by atoms with Crippen LogP contribution in [0.2, 0.25) is 0 Å². The van der Waals surface area contributed by atoms with Gasteiger partial charge in [0, 0.05) is 14.5 Å². The Kier molecular flexibility index (Phi) is 2.10. The normalized spacial score (nSPS) is 21.6. The molecule has 0 spiro atoms. The number of hydrogen-bond donors (Lipinski definition) is 0. The third kappa shape index (κ3) is 1.34. The van der Waals surface area contributed by atoms with Gasteiger partial charge in [-0.1, -0.05) is 19.1 Å². The van der Waals surface area contributed by atoms with Gasteiger partial charge in [-0.05, 0) is 13.0 Å². The van der Waals surface area contributed by atoms with Gasteiger partial charge in [0.2, 0.25) is 0 Å². The van der Waals surface area contributed by atoms with Crippen LogP contribution in [0.1, 0.15) is 14.8 Å². The molecule has 0 aliphatic carbocycles. The summed E-state index contributed by atoms with van der Waals surface area (Å²) in [5.41, 5.74) is 0. The minimum atomic E-state index is 0. The van der Waals surface area contributed by atoms with Crippen LogP contribution in [0.25, 0.3) is 0 Å². The molecule has 0 atom stereocenters. The van der Waals surface area contributed by atoms with E-state index in [1.54, 1.807) is 0 Å². The van der Waals surface area contributed by atoms with Crippen molar-refractivity contribution in [1.82, 2.24) is 4.90 Å². The van der Waals surface area contributed by atoms with Crippen molar-refractivity contribution in [2.24, 2.45) is 0 Å². The van der Waals surface area contributed by atoms with Gasteiger partial charge < -0.3 is 0 Å². The van der Waals surface area contributed by atoms with E-state index >= 15 is 0 Å². The maximum atomic E-state index is 2.43. The first-order valence-corrected chi connectivity index (χ1v) is 3.31. The highest BCUT2D eigenvalue weighted by Crippen LogP contribution is 1.98. The summed E-state index contributed by atoms with van der Waals surface area (Å²) >= 11 is 0. The monoisotopic (exact) mass is 113 g/mol. The summed E-state index contributed by atoms with van der Waals surface area (Å²) in [4.78, 5) is 2.43. The zero-order valence-electron chi connectivity index (χ0n) is 5.43. The van der Waals surface area contributed by atoms with Crippen LogP contribution >= 0.6 is 0 Å². The average molecular weight is 113 g/mol. The van der Waals surface area contributed by atoms with Crippen molar-refractivity contribution < 1.29 is 1.43 Å². The summed E-state index contributed by atoms with van der Waals surface area (Å²) in [6.45, 7) is 5.83. The van der Waals surface area contributed by atoms with Crippen LogP contribution < -0.4 is 0 Å². The van der Waals surface area contributed by atoms with Crippen molar-refractivity contribution in [2.45, 2.75) is 13.3 Å². The molecular weight excluding hydrogens is 98.1 g/mol. The maximum absolute atomic E-state index is 2.43. The number of likely N-dealkylation sites (N-methyl/N-ethyl adjacent to an activating group) is 1. The van der Waals surface area contributed by atoms with Crippen LogP contribution in [0.15, 0.2) is 12.2 Å². The molecule has 0 aromatic rings. The standard InChI is InChI=1S/C7H13N.H2/c1-2-8-6-4-3-5-7-8;/h3-4H,2,5-7H2,1H3;1H. The Labute approximate surface area is 52.5 Å². The van der Waals surface area contributed by atoms with Crippen LogP contribution in [0.3, 0.4) is 0 Å². The molecule has 1 rings (SSSR count). The van der Waals surface area contributed by atoms with E-state index in [9.17, 15) is 0 Å². The topological polar surface area (TPSA) is 3.24 Å². The minimum Gasteiger partial charge on any atom is -0.300 e. The fraction of sp³-hybridized carbons (Fsp3) is 0.714. The molecule has 1 heterocycles. The van der Waals surface area contributed by atoms with Gasteiger partial charge >= 0.3 is 0 Å². The first kappa shape index (κ1) is 5.83. The van der Waals surface area contributed by atoms with Gasteiger partial charge in [-0.25, -0.2) is 0 Å². The lowest BCUT2D eigenvalue weighted by atomic mass is 10.2. The van der Waals surface area contributed by atoms with Crippen molar-refractivity contribution in [1.29, 1.82) is 0 Å². The molecule has 0 aromatic carbocycles. The third-order valence-electron chi connectivity index (χ3n) is 1.59. The second-order valence-corrected chi connectivity index (χ2v) is 2.15. The highest BCUT2D eigenvalue weighted by molar-refractivity contribution is 4.90. The largest absolute Gasteiger partial charge is 0.300 e. The fourth-order valence-electron chi connectivity index (χ4n) is 0.977. The lowest BCUT2D eigenvalue weighted by Gasteiger charge is -2.20. The zero-order chi connectivity index (χ0) is 5.82. The molecule has 0 fully saturated rings. The summed E-state index contributed by atoms with van der Waals surface area (Å²) in [6, 6.07) is 0. The molecule has 0 bridgehead atoms. The molecule has 0 unspecified atom stereocenters. The Morgan fingerprint density at radius 3 is 2.88 bits per heavy atom. The summed E-state index contributed by atoms with van der Waals surface area (Å²) in [5.74, 6) is 0. The van der Waals surface area contributed by atoms with Crippen molar-refractivity contribution in [3.8, 4) is 0 Å². The van der Waals surface area contributed by atoms with E-state index in [1.165, 1.54) is 19.5 Å². The predicted octanol–water partition coefficient (Wildman–Crippen LogP) is 1.51. The highest BCUT2D eigenvalue weighted by atomic mass is 15.1. The van der Waals surface area contributed by atoms with Gasteiger partial charge in [-0.3, -0.25) is 4.90 Å². The van der Waals surface area contributed by atoms with E-state index in [0.717, 1.165) is 6.54 Å². The molecule has 0 N–H and O–H groups in total. The maximum Gasteiger partial charge on any atom is 0.0163 e. The molecule has 0 saturated carbocycles. The third-order valence-corrected chi connectivity index (χ3v) is 1.59. The van der Waals surface area contributed by atoms with Gasteiger partial charge in [0.05, 0.1) is 0 Å². The summed E-state index contributed by atoms with van der Waals surface area (Å²) < 4.78 is 0. The Hall–Kier alpha value is -0.300. The Bertz CT molecular complexity index is 90.9. The van der Waals surface area contributed by atoms with Gasteiger partial charge in [0.15, 0.2) is 0 Å². The first-order chi connectivity index (χ1) is 3.93. The van der Waals surface area contributed by atoms with Crippen molar-refractivity contribution in [2.75, 3.05) is 19.6 Å². The van der Waals surface area contributed by atoms with Crippen molar-refractivity contribution in [3.05, 3.63) is 12.2 Å². The molecule has 0 radical (unpaired) electrons. The van der Waals surface area contributed by atoms with Crippen molar-refractivity contribution in [3.63, 3.8) is 0 Å². The van der Waals surface area contributed by atoms with Crippen LogP contribution in [-0.2, 0) is 0 Å². The summed E-state index contributed by atoms with van der Waals surface area (Å²) in [5, 5.41) is 0. The lowest BCUT2D eigenvalue weighted by molar-refractivity contribution is 0.315. The second kappa shape index (κ2) is 2.88. The van der Waals surface area contributed by atoms with Crippen LogP contribution in [0.4, 0.5) is 0 Å². The van der Waals surface area contributed by atoms with E-state index in [2.05, 4.69) is 24.0 Å². The van der Waals surface area contributed by atoms with Gasteiger partial charge in [0.1, 0.15) is 0 Å². The number of nitrogens with zero attached hydrogens (tertiary/aromatic N) is 1. The average Bonchev–Trinajstić information content (AvgIpc) is 1.90. The number of hydrogen-bond acceptors (Lipinski definition) is 1. The summed E-state index contributed by atoms with van der Waals surface area (Å²) in [6.07, 6.45) is 5.74. The Morgan fingerprint density at radius 1 is 1.62 bits per heavy atom. The SMILES string of the molecule is CCN1CC=CCC1.[HH]. The molecule has 1 heteroatoms. The fourth-order valence-corrected chi connectivity index (χ4v) is 0.977. The Balaban J connectivity index is 0.000000640. The molecule has 0 amide bonds. The quantitative estimate of drug-likeness (QED) is 0.466. The molecule has 1 nitrogen and oxygen atoms in total. The zero-order valence-corrected chi connectivity index (χ0v) is 5.43. The van der Waals surface area contributed by atoms with E-state index < -0.39 is 0 Å². The van der Waals surface area contributed by atoms with Crippen LogP contribution in [0, 0.1) is 0 Å². The molecule has 48 valence electrons. The van der Waals surface area contributed by atoms with Crippen LogP contribution in [-0.4, -0.2) is 24.5 Å². The van der Waals surface area contributed by atoms with Crippen LogP contribution in [0.5, 0.6) is 0 Å². The minimum absolute atomic E-state index is 0. The van der Waals surface area contributed by atoms with E-state index in [0.29, 0.717) is 0 Å². The van der Waals surface area contributed by atoms with Gasteiger partial charge in [-0.2, -0.15) is 0 Å². The molecule has 0 aromatic heterocycles. The molecule has 1 aliphatic heterocycles. The highest BCUT2D eigenvalue weighted by Gasteiger charge is 2.00. The Morgan fingerprint density at radius 2 is 2.50 bits per heavy atom. The predicted molar refractivity (Wildman–Crippen MR) is 38.0 cm³/mol. The first-order valence-electron chi connectivity index (χ1n) is 3.31.